The van der Waals surface area contributed by atoms with E-state index in [0.717, 1.165) is 70.0 Å². The van der Waals surface area contributed by atoms with Gasteiger partial charge in [-0.15, -0.1) is 0 Å². The van der Waals surface area contributed by atoms with E-state index in [2.05, 4.69) is 47.8 Å². The molecule has 3 saturated heterocycles. The molecule has 4 N–H and O–H groups in total. The van der Waals surface area contributed by atoms with Crippen LogP contribution in [-0.4, -0.2) is 98.0 Å². The zero-order valence-electron chi connectivity index (χ0n) is 33.7. The second-order valence-electron chi connectivity index (χ2n) is 16.5. The Morgan fingerprint density at radius 1 is 0.900 bits per heavy atom. The van der Waals surface area contributed by atoms with Crippen LogP contribution in [0.15, 0.2) is 83.8 Å². The summed E-state index contributed by atoms with van der Waals surface area (Å²) < 4.78 is 18.5. The van der Waals surface area contributed by atoms with Gasteiger partial charge in [-0.2, -0.15) is 4.98 Å². The zero-order valence-corrected chi connectivity index (χ0v) is 33.7. The number of aliphatic hydroxyl groups is 1. The summed E-state index contributed by atoms with van der Waals surface area (Å²) in [6, 6.07) is 18.2. The Labute approximate surface area is 346 Å². The first-order valence-electron chi connectivity index (χ1n) is 20.9. The van der Waals surface area contributed by atoms with Gasteiger partial charge in [-0.25, -0.2) is 23.7 Å². The lowest BCUT2D eigenvalue weighted by molar-refractivity contribution is -0.133. The van der Waals surface area contributed by atoms with Crippen LogP contribution in [-0.2, 0) is 21.7 Å². The second-order valence-corrected chi connectivity index (χ2v) is 16.5. The monoisotopic (exact) mass is 815 g/mol. The lowest BCUT2D eigenvalue weighted by atomic mass is 9.95. The van der Waals surface area contributed by atoms with Gasteiger partial charge in [0, 0.05) is 75.5 Å². The summed E-state index contributed by atoms with van der Waals surface area (Å²) in [5.74, 6) is 0.430. The number of carbonyl (C=O) groups is 2. The zero-order chi connectivity index (χ0) is 41.4. The van der Waals surface area contributed by atoms with E-state index in [9.17, 15) is 19.5 Å². The topological polar surface area (TPSA) is 166 Å². The molecule has 1 unspecified atom stereocenters. The van der Waals surface area contributed by atoms with Crippen LogP contribution < -0.4 is 31.3 Å². The maximum atomic E-state index is 15.2. The van der Waals surface area contributed by atoms with E-state index < -0.39 is 11.6 Å². The predicted octanol–water partition coefficient (Wildman–Crippen LogP) is 4.67. The van der Waals surface area contributed by atoms with Crippen molar-refractivity contribution in [1.82, 2.24) is 34.5 Å². The number of hydrogen-bond acceptors (Lipinski definition) is 12. The van der Waals surface area contributed by atoms with Gasteiger partial charge in [0.15, 0.2) is 11.5 Å². The second kappa shape index (κ2) is 16.5. The number of nitrogens with zero attached hydrogens (tertiary/aromatic N) is 8. The Hall–Kier alpha value is -6.13. The van der Waals surface area contributed by atoms with Crippen LogP contribution in [0.3, 0.4) is 0 Å². The molecule has 312 valence electrons. The van der Waals surface area contributed by atoms with Crippen LogP contribution in [0.5, 0.6) is 0 Å². The number of halogens is 1. The SMILES string of the molecule is C[C@@]1(O)CC/C=C\Cn2c(=O)c3cnc(Nc4ccc(N5CCN(CC6CCN(c7ccc(NC8CCC(=O)NC8=O)cc7F)CC6)CC5)cc4)nc3n2-c2cccc1n2. The third-order valence-electron chi connectivity index (χ3n) is 12.3. The summed E-state index contributed by atoms with van der Waals surface area (Å²) in [4.78, 5) is 58.3. The third kappa shape index (κ3) is 8.21. The normalized spacial score (nSPS) is 22.2. The van der Waals surface area contributed by atoms with Gasteiger partial charge in [0.05, 0.1) is 17.9 Å². The van der Waals surface area contributed by atoms with Gasteiger partial charge >= 0.3 is 0 Å². The first kappa shape index (κ1) is 39.3. The van der Waals surface area contributed by atoms with Gasteiger partial charge in [0.1, 0.15) is 22.8 Å². The Kier molecular flexibility index (Phi) is 10.8. The molecular weight excluding hydrogens is 766 g/mol. The molecule has 2 atom stereocenters. The standard InChI is InChI=1S/C44H50FN11O4/c1-44(60)18-3-2-4-19-55-42(59)33-27-46-43(51-40(33)56(55)38-7-5-6-37(44)49-38)48-30-8-11-32(12-9-30)53-24-22-52(23-25-53)28-29-16-20-54(21-17-29)36-14-10-31(26-34(36)45)47-35-13-15-39(57)50-41(35)58/h2,4-12,14,26-27,29,35,47,60H,3,13,15-25,28H2,1H3,(H,46,48,51)(H,50,57,58)/b4-2-/t35?,44-/m1/s1. The van der Waals surface area contributed by atoms with Gasteiger partial charge in [-0.3, -0.25) is 24.6 Å². The van der Waals surface area contributed by atoms with Gasteiger partial charge in [-0.05, 0) is 99.5 Å². The molecule has 3 aromatic heterocycles. The third-order valence-corrected chi connectivity index (χ3v) is 12.3. The van der Waals surface area contributed by atoms with Crippen molar-refractivity contribution in [3.63, 3.8) is 0 Å². The minimum Gasteiger partial charge on any atom is -0.384 e. The van der Waals surface area contributed by atoms with Crippen molar-refractivity contribution in [2.75, 3.05) is 66.2 Å². The number of aromatic nitrogens is 5. The Bertz CT molecular complexity index is 2480. The molecule has 2 bridgehead atoms. The molecule has 16 heteroatoms. The number of carbonyl (C=O) groups excluding carboxylic acids is 2. The molecule has 60 heavy (non-hydrogen) atoms. The van der Waals surface area contributed by atoms with E-state index in [-0.39, 0.29) is 29.6 Å². The summed E-state index contributed by atoms with van der Waals surface area (Å²) >= 11 is 0. The van der Waals surface area contributed by atoms with Crippen LogP contribution in [0, 0.1) is 11.7 Å². The maximum Gasteiger partial charge on any atom is 0.278 e. The minimum absolute atomic E-state index is 0.215. The van der Waals surface area contributed by atoms with E-state index in [1.165, 1.54) is 6.07 Å². The number of benzene rings is 2. The molecule has 15 nitrogen and oxygen atoms in total. The van der Waals surface area contributed by atoms with Crippen LogP contribution >= 0.6 is 0 Å². The number of nitrogens with one attached hydrogen (secondary N) is 3. The number of piperazine rings is 1. The predicted molar refractivity (Wildman–Crippen MR) is 228 cm³/mol. The van der Waals surface area contributed by atoms with E-state index in [1.807, 2.05) is 36.4 Å². The van der Waals surface area contributed by atoms with Crippen LogP contribution in [0.4, 0.5) is 33.1 Å². The molecule has 3 fully saturated rings. The molecule has 0 radical (unpaired) electrons. The van der Waals surface area contributed by atoms with Gasteiger partial charge in [0.2, 0.25) is 17.8 Å². The largest absolute Gasteiger partial charge is 0.384 e. The molecule has 7 heterocycles. The molecular formula is C44H50FN11O4. The summed E-state index contributed by atoms with van der Waals surface area (Å²) in [5, 5.41) is 20.2. The van der Waals surface area contributed by atoms with Crippen molar-refractivity contribution in [2.45, 2.75) is 63.6 Å². The molecule has 9 rings (SSSR count). The fourth-order valence-corrected chi connectivity index (χ4v) is 8.79. The number of rotatable bonds is 8. The van der Waals surface area contributed by atoms with E-state index in [1.54, 1.807) is 40.7 Å². The molecule has 0 aliphatic carbocycles. The summed E-state index contributed by atoms with van der Waals surface area (Å²) in [5.41, 5.74) is 2.70. The van der Waals surface area contributed by atoms with E-state index >= 15 is 4.39 Å². The average molecular weight is 816 g/mol. The Morgan fingerprint density at radius 2 is 1.68 bits per heavy atom. The Balaban J connectivity index is 0.782. The highest BCUT2D eigenvalue weighted by atomic mass is 19.1. The smallest absolute Gasteiger partial charge is 0.278 e. The lowest BCUT2D eigenvalue weighted by Crippen LogP contribution is -2.49. The first-order valence-corrected chi connectivity index (χ1v) is 20.9. The molecule has 2 amide bonds. The number of allylic oxidation sites excluding steroid dienone is 2. The van der Waals surface area contributed by atoms with Crippen LogP contribution in [0.1, 0.15) is 51.1 Å². The summed E-state index contributed by atoms with van der Waals surface area (Å²) in [6.07, 6.45) is 9.27. The number of anilines is 5. The van der Waals surface area contributed by atoms with Gasteiger partial charge in [-0.1, -0.05) is 18.2 Å². The number of amides is 2. The highest BCUT2D eigenvalue weighted by Gasteiger charge is 2.29. The number of piperidine rings is 2. The van der Waals surface area contributed by atoms with E-state index in [0.29, 0.717) is 71.6 Å². The molecule has 4 aliphatic rings. The maximum absolute atomic E-state index is 15.2. The lowest BCUT2D eigenvalue weighted by Gasteiger charge is -2.40. The van der Waals surface area contributed by atoms with Crippen molar-refractivity contribution in [2.24, 2.45) is 5.92 Å². The fraction of sp³-hybridized carbons (Fsp3) is 0.409. The number of imide groups is 1. The van der Waals surface area contributed by atoms with Gasteiger partial charge < -0.3 is 25.5 Å². The number of hydrogen-bond donors (Lipinski definition) is 4. The highest BCUT2D eigenvalue weighted by Crippen LogP contribution is 2.30. The Morgan fingerprint density at radius 3 is 2.45 bits per heavy atom. The molecule has 5 aromatic rings. The quantitative estimate of drug-likeness (QED) is 0.127. The van der Waals surface area contributed by atoms with Gasteiger partial charge in [0.25, 0.3) is 5.56 Å². The minimum atomic E-state index is -1.12. The molecule has 0 saturated carbocycles. The molecule has 2 aromatic carbocycles. The number of fused-ring (bicyclic) bond motifs is 6. The molecule has 4 aliphatic heterocycles. The number of pyridine rings is 1. The van der Waals surface area contributed by atoms with Crippen molar-refractivity contribution >= 4 is 51.5 Å². The highest BCUT2D eigenvalue weighted by molar-refractivity contribution is 6.01. The van der Waals surface area contributed by atoms with E-state index in [4.69, 9.17) is 9.97 Å². The van der Waals surface area contributed by atoms with Crippen LogP contribution in [0.25, 0.3) is 16.9 Å². The average Bonchev–Trinajstić information content (AvgIpc) is 3.52. The molecule has 0 spiro atoms. The summed E-state index contributed by atoms with van der Waals surface area (Å²) in [7, 11) is 0. The van der Waals surface area contributed by atoms with Crippen molar-refractivity contribution in [1.29, 1.82) is 0 Å². The van der Waals surface area contributed by atoms with Crippen molar-refractivity contribution in [3.8, 4) is 5.82 Å². The summed E-state index contributed by atoms with van der Waals surface area (Å²) in [6.45, 7) is 8.48. The van der Waals surface area contributed by atoms with Crippen molar-refractivity contribution < 1.29 is 19.1 Å². The van der Waals surface area contributed by atoms with Crippen molar-refractivity contribution in [3.05, 3.63) is 101 Å². The fourth-order valence-electron chi connectivity index (χ4n) is 8.79. The first-order chi connectivity index (χ1) is 29.1. The van der Waals surface area contributed by atoms with Crippen LogP contribution in [0.2, 0.25) is 0 Å².